The molecule has 0 bridgehead atoms. The van der Waals surface area contributed by atoms with Crippen LogP contribution in [0.4, 0.5) is 5.69 Å². The Labute approximate surface area is 197 Å². The second-order valence-electron chi connectivity index (χ2n) is 9.58. The number of carbonyl (C=O) groups is 2. The first kappa shape index (κ1) is 22.1. The van der Waals surface area contributed by atoms with Crippen molar-refractivity contribution in [3.63, 3.8) is 0 Å². The molecule has 0 spiro atoms. The predicted molar refractivity (Wildman–Crippen MR) is 133 cm³/mol. The van der Waals surface area contributed by atoms with E-state index in [0.29, 0.717) is 24.3 Å². The summed E-state index contributed by atoms with van der Waals surface area (Å²) < 4.78 is 6.74. The molecule has 1 heterocycles. The molecule has 1 aliphatic heterocycles. The fraction of sp³-hybridized carbons (Fsp3) is 0.385. The minimum Gasteiger partial charge on any atom is -0.492 e. The van der Waals surface area contributed by atoms with Crippen LogP contribution >= 0.6 is 22.6 Å². The zero-order chi connectivity index (χ0) is 22.4. The van der Waals surface area contributed by atoms with Gasteiger partial charge < -0.3 is 10.1 Å². The molecule has 0 unspecified atom stereocenters. The van der Waals surface area contributed by atoms with E-state index in [4.69, 9.17) is 4.74 Å². The van der Waals surface area contributed by atoms with Gasteiger partial charge in [0.1, 0.15) is 5.75 Å². The van der Waals surface area contributed by atoms with Crippen molar-refractivity contribution in [1.29, 1.82) is 0 Å². The number of carbonyl (C=O) groups excluding carboxylic acids is 2. The van der Waals surface area contributed by atoms with Gasteiger partial charge in [0.2, 0.25) is 5.91 Å². The molecule has 1 saturated carbocycles. The van der Waals surface area contributed by atoms with E-state index in [2.05, 4.69) is 61.7 Å². The van der Waals surface area contributed by atoms with E-state index >= 15 is 0 Å². The van der Waals surface area contributed by atoms with Gasteiger partial charge in [-0.25, -0.2) is 0 Å². The molecule has 2 aromatic carbocycles. The molecule has 1 N–H and O–H groups in total. The summed E-state index contributed by atoms with van der Waals surface area (Å²) in [6, 6.07) is 11.6. The van der Waals surface area contributed by atoms with Crippen LogP contribution in [-0.2, 0) is 10.2 Å². The zero-order valence-electron chi connectivity index (χ0n) is 18.5. The number of ether oxygens (including phenoxy) is 1. The van der Waals surface area contributed by atoms with Crippen LogP contribution < -0.4 is 10.1 Å². The van der Waals surface area contributed by atoms with Gasteiger partial charge in [0.15, 0.2) is 5.78 Å². The first-order valence-corrected chi connectivity index (χ1v) is 11.8. The summed E-state index contributed by atoms with van der Waals surface area (Å²) >= 11 is 2.33. The lowest BCUT2D eigenvalue weighted by atomic mass is 9.86. The van der Waals surface area contributed by atoms with E-state index in [1.165, 1.54) is 5.57 Å². The summed E-state index contributed by atoms with van der Waals surface area (Å²) in [5.41, 5.74) is 4.21. The molecule has 1 amide bonds. The molecular weight excluding hydrogens is 501 g/mol. The third-order valence-corrected chi connectivity index (χ3v) is 7.40. The number of anilines is 1. The SMILES string of the molecule is C/C(=C\c1cc(NC(=O)C2(c3ccc4c(c3)C(=O)CCO4)CC2)ccc1I)C(C)(C)C. The summed E-state index contributed by atoms with van der Waals surface area (Å²) in [4.78, 5) is 25.6. The van der Waals surface area contributed by atoms with Gasteiger partial charge in [-0.1, -0.05) is 38.5 Å². The van der Waals surface area contributed by atoms with E-state index in [0.717, 1.165) is 33.2 Å². The lowest BCUT2D eigenvalue weighted by Crippen LogP contribution is -2.28. The maximum absolute atomic E-state index is 13.3. The molecule has 4 nitrogen and oxygen atoms in total. The smallest absolute Gasteiger partial charge is 0.235 e. The summed E-state index contributed by atoms with van der Waals surface area (Å²) in [5, 5.41) is 3.13. The van der Waals surface area contributed by atoms with Crippen LogP contribution in [0.2, 0.25) is 0 Å². The summed E-state index contributed by atoms with van der Waals surface area (Å²) in [5.74, 6) is 0.697. The number of allylic oxidation sites excluding steroid dienone is 1. The van der Waals surface area contributed by atoms with Gasteiger partial charge >= 0.3 is 0 Å². The molecular formula is C26H28INO3. The molecule has 0 atom stereocenters. The molecule has 0 saturated heterocycles. The Bertz CT molecular complexity index is 1090. The van der Waals surface area contributed by atoms with E-state index in [9.17, 15) is 9.59 Å². The Hall–Kier alpha value is -2.15. The summed E-state index contributed by atoms with van der Waals surface area (Å²) in [7, 11) is 0. The fourth-order valence-corrected chi connectivity index (χ4v) is 4.26. The van der Waals surface area contributed by atoms with Crippen LogP contribution in [0.15, 0.2) is 42.0 Å². The number of hydrogen-bond donors (Lipinski definition) is 1. The van der Waals surface area contributed by atoms with Crippen molar-refractivity contribution in [2.75, 3.05) is 11.9 Å². The monoisotopic (exact) mass is 529 g/mol. The van der Waals surface area contributed by atoms with Crippen LogP contribution in [0.3, 0.4) is 0 Å². The van der Waals surface area contributed by atoms with E-state index in [-0.39, 0.29) is 17.1 Å². The number of rotatable bonds is 4. The molecule has 0 aromatic heterocycles. The Kier molecular flexibility index (Phi) is 5.75. The minimum atomic E-state index is -0.562. The maximum Gasteiger partial charge on any atom is 0.235 e. The third kappa shape index (κ3) is 4.43. The van der Waals surface area contributed by atoms with Crippen LogP contribution in [0.1, 0.15) is 68.4 Å². The molecule has 31 heavy (non-hydrogen) atoms. The fourth-order valence-electron chi connectivity index (χ4n) is 3.76. The van der Waals surface area contributed by atoms with E-state index < -0.39 is 5.41 Å². The Morgan fingerprint density at radius 2 is 1.90 bits per heavy atom. The predicted octanol–water partition coefficient (Wildman–Crippen LogP) is 6.38. The number of ketones is 1. The maximum atomic E-state index is 13.3. The van der Waals surface area contributed by atoms with Crippen LogP contribution in [-0.4, -0.2) is 18.3 Å². The van der Waals surface area contributed by atoms with Gasteiger partial charge in [0.25, 0.3) is 0 Å². The lowest BCUT2D eigenvalue weighted by molar-refractivity contribution is -0.118. The summed E-state index contributed by atoms with van der Waals surface area (Å²) in [6.07, 6.45) is 4.15. The quantitative estimate of drug-likeness (QED) is 0.468. The van der Waals surface area contributed by atoms with Crippen molar-refractivity contribution in [2.45, 2.75) is 52.4 Å². The largest absolute Gasteiger partial charge is 0.492 e. The van der Waals surface area contributed by atoms with Crippen molar-refractivity contribution < 1.29 is 14.3 Å². The van der Waals surface area contributed by atoms with E-state index in [1.54, 1.807) is 0 Å². The molecule has 1 fully saturated rings. The number of benzene rings is 2. The number of hydrogen-bond acceptors (Lipinski definition) is 3. The number of amides is 1. The van der Waals surface area contributed by atoms with Gasteiger partial charge in [-0.05, 0) is 89.2 Å². The van der Waals surface area contributed by atoms with Crippen molar-refractivity contribution in [1.82, 2.24) is 0 Å². The standard InChI is InChI=1S/C26H28INO3/c1-16(25(2,3)4)13-17-14-19(6-7-21(17)27)28-24(30)26(10-11-26)18-5-8-23-20(15-18)22(29)9-12-31-23/h5-8,13-15H,9-12H2,1-4H3,(H,28,30)/b16-13+. The van der Waals surface area contributed by atoms with Crippen LogP contribution in [0.5, 0.6) is 5.75 Å². The van der Waals surface area contributed by atoms with Crippen molar-refractivity contribution in [3.8, 4) is 5.75 Å². The van der Waals surface area contributed by atoms with Gasteiger partial charge in [-0.3, -0.25) is 9.59 Å². The third-order valence-electron chi connectivity index (χ3n) is 6.41. The van der Waals surface area contributed by atoms with Gasteiger partial charge in [-0.15, -0.1) is 0 Å². The molecule has 2 aliphatic rings. The number of nitrogens with one attached hydrogen (secondary N) is 1. The number of Topliss-reactive ketones (excluding diaryl/α,β-unsaturated/α-hetero) is 1. The minimum absolute atomic E-state index is 0.0136. The normalized spacial score (nSPS) is 17.6. The highest BCUT2D eigenvalue weighted by molar-refractivity contribution is 14.1. The lowest BCUT2D eigenvalue weighted by Gasteiger charge is -2.21. The van der Waals surface area contributed by atoms with Crippen molar-refractivity contribution >= 4 is 46.0 Å². The topological polar surface area (TPSA) is 55.4 Å². The highest BCUT2D eigenvalue weighted by Crippen LogP contribution is 2.50. The first-order chi connectivity index (χ1) is 14.6. The summed E-state index contributed by atoms with van der Waals surface area (Å²) in [6.45, 7) is 9.16. The molecule has 4 rings (SSSR count). The Morgan fingerprint density at radius 3 is 2.58 bits per heavy atom. The average molecular weight is 529 g/mol. The van der Waals surface area contributed by atoms with Gasteiger partial charge in [0, 0.05) is 15.7 Å². The second-order valence-corrected chi connectivity index (χ2v) is 10.7. The molecule has 0 radical (unpaired) electrons. The number of fused-ring (bicyclic) bond motifs is 1. The zero-order valence-corrected chi connectivity index (χ0v) is 20.6. The number of halogens is 1. The molecule has 1 aliphatic carbocycles. The highest BCUT2D eigenvalue weighted by Gasteiger charge is 2.51. The van der Waals surface area contributed by atoms with Gasteiger partial charge in [0.05, 0.1) is 17.6 Å². The average Bonchev–Trinajstić information content (AvgIpc) is 3.52. The van der Waals surface area contributed by atoms with Crippen molar-refractivity contribution in [3.05, 3.63) is 62.2 Å². The van der Waals surface area contributed by atoms with Crippen molar-refractivity contribution in [2.24, 2.45) is 5.41 Å². The van der Waals surface area contributed by atoms with Crippen LogP contribution in [0.25, 0.3) is 6.08 Å². The first-order valence-electron chi connectivity index (χ1n) is 10.7. The Morgan fingerprint density at radius 1 is 1.16 bits per heavy atom. The molecule has 2 aromatic rings. The highest BCUT2D eigenvalue weighted by atomic mass is 127. The Balaban J connectivity index is 1.58. The molecule has 162 valence electrons. The molecule has 5 heteroatoms. The van der Waals surface area contributed by atoms with Gasteiger partial charge in [-0.2, -0.15) is 0 Å². The van der Waals surface area contributed by atoms with Crippen LogP contribution in [0, 0.1) is 8.99 Å². The van der Waals surface area contributed by atoms with E-state index in [1.807, 2.05) is 36.4 Å². The second kappa shape index (κ2) is 8.08.